The largest absolute Gasteiger partial charge is 0.494 e. The van der Waals surface area contributed by atoms with Gasteiger partial charge < -0.3 is 9.84 Å². The highest BCUT2D eigenvalue weighted by atomic mass is 19.1. The van der Waals surface area contributed by atoms with Gasteiger partial charge in [0.25, 0.3) is 0 Å². The fourth-order valence-corrected chi connectivity index (χ4v) is 4.20. The highest BCUT2D eigenvalue weighted by Gasteiger charge is 2.15. The van der Waals surface area contributed by atoms with E-state index in [1.54, 1.807) is 24.3 Å². The van der Waals surface area contributed by atoms with Gasteiger partial charge in [0, 0.05) is 16.5 Å². The Kier molecular flexibility index (Phi) is 7.76. The van der Waals surface area contributed by atoms with Gasteiger partial charge in [-0.15, -0.1) is 0 Å². The minimum absolute atomic E-state index is 0.152. The molecule has 3 aromatic carbocycles. The number of aryl methyl sites for hydroxylation is 1. The van der Waals surface area contributed by atoms with Crippen LogP contribution >= 0.6 is 0 Å². The summed E-state index contributed by atoms with van der Waals surface area (Å²) in [5.41, 5.74) is 3.84. The van der Waals surface area contributed by atoms with Crippen molar-refractivity contribution in [1.82, 2.24) is 4.98 Å². The number of hydrogen-bond acceptors (Lipinski definition) is 3. The van der Waals surface area contributed by atoms with Crippen molar-refractivity contribution < 1.29 is 19.0 Å². The number of benzene rings is 3. The van der Waals surface area contributed by atoms with E-state index in [-0.39, 0.29) is 5.56 Å². The quantitative estimate of drug-likeness (QED) is 0.238. The Bertz CT molecular complexity index is 1330. The molecule has 1 heterocycles. The van der Waals surface area contributed by atoms with Gasteiger partial charge >= 0.3 is 5.97 Å². The summed E-state index contributed by atoms with van der Waals surface area (Å²) in [6, 6.07) is 19.3. The molecule has 180 valence electrons. The molecule has 5 heteroatoms. The number of carbonyl (C=O) groups is 1. The van der Waals surface area contributed by atoms with Crippen LogP contribution in [-0.4, -0.2) is 22.7 Å². The molecule has 1 aromatic heterocycles. The van der Waals surface area contributed by atoms with E-state index in [0.29, 0.717) is 34.3 Å². The van der Waals surface area contributed by atoms with Crippen LogP contribution in [0.3, 0.4) is 0 Å². The maximum Gasteiger partial charge on any atom is 0.336 e. The third-order valence-electron chi connectivity index (χ3n) is 6.14. The highest BCUT2D eigenvalue weighted by Crippen LogP contribution is 2.31. The molecular weight excluding hydrogens is 441 g/mol. The third-order valence-corrected chi connectivity index (χ3v) is 6.14. The molecule has 0 saturated heterocycles. The lowest BCUT2D eigenvalue weighted by atomic mass is 9.99. The molecule has 0 unspecified atom stereocenters. The molecule has 0 bridgehead atoms. The number of fused-ring (bicyclic) bond motifs is 1. The van der Waals surface area contributed by atoms with Crippen LogP contribution in [0.2, 0.25) is 0 Å². The Morgan fingerprint density at radius 3 is 2.37 bits per heavy atom. The van der Waals surface area contributed by atoms with Crippen molar-refractivity contribution in [3.05, 3.63) is 83.7 Å². The number of rotatable bonds is 10. The Labute approximate surface area is 205 Å². The number of carboxylic acid groups (broad SMARTS) is 1. The molecule has 4 aromatic rings. The van der Waals surface area contributed by atoms with E-state index >= 15 is 4.39 Å². The molecule has 1 N–H and O–H groups in total. The van der Waals surface area contributed by atoms with Gasteiger partial charge in [0.1, 0.15) is 11.6 Å². The average Bonchev–Trinajstić information content (AvgIpc) is 2.86. The molecule has 35 heavy (non-hydrogen) atoms. The summed E-state index contributed by atoms with van der Waals surface area (Å²) in [5, 5.41) is 10.3. The molecule has 4 rings (SSSR count). The van der Waals surface area contributed by atoms with E-state index in [1.807, 2.05) is 37.3 Å². The number of carboxylic acids is 1. The summed E-state index contributed by atoms with van der Waals surface area (Å²) in [7, 11) is 0. The lowest BCUT2D eigenvalue weighted by Crippen LogP contribution is -2.01. The minimum Gasteiger partial charge on any atom is -0.494 e. The first-order valence-corrected chi connectivity index (χ1v) is 12.1. The zero-order valence-electron chi connectivity index (χ0n) is 20.2. The Morgan fingerprint density at radius 1 is 0.914 bits per heavy atom. The lowest BCUT2D eigenvalue weighted by Gasteiger charge is -2.11. The van der Waals surface area contributed by atoms with E-state index in [2.05, 4.69) is 11.9 Å². The fraction of sp³-hybridized carbons (Fsp3) is 0.267. The monoisotopic (exact) mass is 471 g/mol. The van der Waals surface area contributed by atoms with Crippen LogP contribution in [0.1, 0.15) is 54.9 Å². The number of ether oxygens (including phenoxy) is 1. The van der Waals surface area contributed by atoms with Crippen molar-refractivity contribution in [2.75, 3.05) is 6.61 Å². The molecule has 0 atom stereocenters. The molecule has 0 aliphatic heterocycles. The fourth-order valence-electron chi connectivity index (χ4n) is 4.20. The van der Waals surface area contributed by atoms with Gasteiger partial charge in [-0.3, -0.25) is 0 Å². The summed E-state index contributed by atoms with van der Waals surface area (Å²) in [6.45, 7) is 4.79. The van der Waals surface area contributed by atoms with Crippen LogP contribution in [0, 0.1) is 12.7 Å². The molecule has 0 fully saturated rings. The van der Waals surface area contributed by atoms with Crippen molar-refractivity contribution in [3.63, 3.8) is 0 Å². The van der Waals surface area contributed by atoms with Gasteiger partial charge in [0.2, 0.25) is 0 Å². The summed E-state index contributed by atoms with van der Waals surface area (Å²) < 4.78 is 20.9. The second kappa shape index (κ2) is 11.1. The summed E-state index contributed by atoms with van der Waals surface area (Å²) >= 11 is 0. The Morgan fingerprint density at radius 2 is 1.66 bits per heavy atom. The number of aromatic carboxylic acids is 1. The smallest absolute Gasteiger partial charge is 0.336 e. The van der Waals surface area contributed by atoms with Crippen LogP contribution < -0.4 is 4.74 Å². The van der Waals surface area contributed by atoms with E-state index in [0.717, 1.165) is 23.3 Å². The number of nitrogens with zero attached hydrogens (tertiary/aromatic N) is 1. The molecule has 0 aliphatic rings. The maximum absolute atomic E-state index is 15.1. The van der Waals surface area contributed by atoms with Crippen molar-refractivity contribution in [2.45, 2.75) is 46.0 Å². The predicted molar refractivity (Wildman–Crippen MR) is 139 cm³/mol. The van der Waals surface area contributed by atoms with Crippen LogP contribution in [-0.2, 0) is 0 Å². The number of unbranched alkanes of at least 4 members (excludes halogenated alkanes) is 4. The molecule has 0 amide bonds. The van der Waals surface area contributed by atoms with Crippen LogP contribution in [0.15, 0.2) is 66.7 Å². The lowest BCUT2D eigenvalue weighted by molar-refractivity contribution is 0.0699. The van der Waals surface area contributed by atoms with Gasteiger partial charge in [-0.25, -0.2) is 14.2 Å². The maximum atomic E-state index is 15.1. The first kappa shape index (κ1) is 24.4. The molecule has 4 nitrogen and oxygen atoms in total. The minimum atomic E-state index is -1.04. The van der Waals surface area contributed by atoms with Gasteiger partial charge in [-0.2, -0.15) is 0 Å². The molecular formula is C30H30FNO3. The Hall–Kier alpha value is -3.73. The summed E-state index contributed by atoms with van der Waals surface area (Å²) in [4.78, 5) is 16.4. The van der Waals surface area contributed by atoms with E-state index in [1.165, 1.54) is 37.8 Å². The predicted octanol–water partition coefficient (Wildman–Crippen LogP) is 8.06. The number of hydrogen-bond donors (Lipinski definition) is 1. The first-order valence-electron chi connectivity index (χ1n) is 12.1. The molecule has 0 radical (unpaired) electrons. The topological polar surface area (TPSA) is 59.4 Å². The van der Waals surface area contributed by atoms with Gasteiger partial charge in [-0.05, 0) is 55.3 Å². The average molecular weight is 472 g/mol. The second-order valence-corrected chi connectivity index (χ2v) is 8.86. The standard InChI is InChI=1S/C30H30FNO3/c1-3-4-5-6-7-16-35-23-12-9-21(10-13-23)24-14-11-22(18-27(24)31)29-19-26(30(33)34)25-17-20(2)8-15-28(25)32-29/h8-15,17-19H,3-7,16H2,1-2H3,(H,33,34). The molecule has 0 saturated carbocycles. The molecule has 0 spiro atoms. The number of pyridine rings is 1. The van der Waals surface area contributed by atoms with E-state index in [9.17, 15) is 9.90 Å². The zero-order valence-corrected chi connectivity index (χ0v) is 20.2. The van der Waals surface area contributed by atoms with Crippen molar-refractivity contribution in [1.29, 1.82) is 0 Å². The van der Waals surface area contributed by atoms with Gasteiger partial charge in [0.05, 0.1) is 23.4 Å². The van der Waals surface area contributed by atoms with E-state index < -0.39 is 11.8 Å². The van der Waals surface area contributed by atoms with E-state index in [4.69, 9.17) is 4.74 Å². The number of aromatic nitrogens is 1. The summed E-state index contributed by atoms with van der Waals surface area (Å²) in [6.07, 6.45) is 5.92. The van der Waals surface area contributed by atoms with Crippen molar-refractivity contribution in [2.24, 2.45) is 0 Å². The van der Waals surface area contributed by atoms with Gasteiger partial charge in [0.15, 0.2) is 0 Å². The summed E-state index contributed by atoms with van der Waals surface area (Å²) in [5.74, 6) is -0.655. The van der Waals surface area contributed by atoms with Crippen LogP contribution in [0.25, 0.3) is 33.3 Å². The van der Waals surface area contributed by atoms with Crippen LogP contribution in [0.4, 0.5) is 4.39 Å². The first-order chi connectivity index (χ1) is 17.0. The van der Waals surface area contributed by atoms with Crippen molar-refractivity contribution >= 4 is 16.9 Å². The Balaban J connectivity index is 1.53. The third kappa shape index (κ3) is 5.86. The highest BCUT2D eigenvalue weighted by molar-refractivity contribution is 6.04. The van der Waals surface area contributed by atoms with Crippen LogP contribution in [0.5, 0.6) is 5.75 Å². The second-order valence-electron chi connectivity index (χ2n) is 8.86. The normalized spacial score (nSPS) is 11.1. The van der Waals surface area contributed by atoms with Gasteiger partial charge in [-0.1, -0.05) is 68.5 Å². The zero-order chi connectivity index (χ0) is 24.8. The van der Waals surface area contributed by atoms with Crippen molar-refractivity contribution in [3.8, 4) is 28.1 Å². The SMILES string of the molecule is CCCCCCCOc1ccc(-c2ccc(-c3cc(C(=O)O)c4cc(C)ccc4n3)cc2F)cc1. The molecule has 0 aliphatic carbocycles. The number of halogens is 1.